The van der Waals surface area contributed by atoms with E-state index in [0.29, 0.717) is 0 Å². The maximum Gasteiger partial charge on any atom is 0.254 e. The van der Waals surface area contributed by atoms with E-state index in [4.69, 9.17) is 0 Å². The van der Waals surface area contributed by atoms with Gasteiger partial charge >= 0.3 is 0 Å². The molecular formula is C14H18F2N2O. The lowest BCUT2D eigenvalue weighted by molar-refractivity contribution is 0.0897. The van der Waals surface area contributed by atoms with Gasteiger partial charge in [-0.1, -0.05) is 20.3 Å². The molecule has 0 aliphatic heterocycles. The van der Waals surface area contributed by atoms with Crippen LogP contribution in [0.1, 0.15) is 49.9 Å². The molecule has 104 valence electrons. The van der Waals surface area contributed by atoms with Crippen molar-refractivity contribution < 1.29 is 13.6 Å². The Hall–Kier alpha value is -1.52. The van der Waals surface area contributed by atoms with Crippen LogP contribution in [0.25, 0.3) is 0 Å². The molecule has 0 bridgehead atoms. The van der Waals surface area contributed by atoms with Gasteiger partial charge in [-0.3, -0.25) is 4.79 Å². The van der Waals surface area contributed by atoms with Crippen LogP contribution in [-0.4, -0.2) is 16.9 Å². The molecule has 3 nitrogen and oxygen atoms in total. The summed E-state index contributed by atoms with van der Waals surface area (Å²) in [5.74, 6) is -2.99. The van der Waals surface area contributed by atoms with E-state index >= 15 is 0 Å². The Morgan fingerprint density at radius 3 is 2.89 bits per heavy atom. The van der Waals surface area contributed by atoms with Gasteiger partial charge in [0.2, 0.25) is 5.95 Å². The quantitative estimate of drug-likeness (QED) is 0.838. The summed E-state index contributed by atoms with van der Waals surface area (Å²) in [6, 6.07) is 1.22. The van der Waals surface area contributed by atoms with Crippen LogP contribution in [0, 0.1) is 17.2 Å². The average Bonchev–Trinajstić information content (AvgIpc) is 2.31. The van der Waals surface area contributed by atoms with Gasteiger partial charge < -0.3 is 5.32 Å². The van der Waals surface area contributed by atoms with E-state index in [1.807, 2.05) is 0 Å². The van der Waals surface area contributed by atoms with E-state index in [9.17, 15) is 13.6 Å². The molecular weight excluding hydrogens is 250 g/mol. The molecule has 1 amide bonds. The molecule has 0 aromatic carbocycles. The number of carbonyl (C=O) groups excluding carboxylic acids is 1. The Morgan fingerprint density at radius 2 is 2.21 bits per heavy atom. The second kappa shape index (κ2) is 5.23. The number of hydrogen-bond acceptors (Lipinski definition) is 2. The minimum Gasteiger partial charge on any atom is -0.349 e. The summed E-state index contributed by atoms with van der Waals surface area (Å²) in [6.45, 7) is 4.30. The summed E-state index contributed by atoms with van der Waals surface area (Å²) in [7, 11) is 0. The predicted molar refractivity (Wildman–Crippen MR) is 67.7 cm³/mol. The van der Waals surface area contributed by atoms with Gasteiger partial charge in [0.1, 0.15) is 0 Å². The van der Waals surface area contributed by atoms with Gasteiger partial charge in [-0.2, -0.15) is 4.39 Å². The maximum atomic E-state index is 13.5. The lowest BCUT2D eigenvalue weighted by atomic mass is 9.75. The first-order chi connectivity index (χ1) is 8.89. The highest BCUT2D eigenvalue weighted by atomic mass is 19.2. The molecule has 1 unspecified atom stereocenters. The highest BCUT2D eigenvalue weighted by molar-refractivity contribution is 5.94. The first-order valence-corrected chi connectivity index (χ1v) is 6.50. The predicted octanol–water partition coefficient (Wildman–Crippen LogP) is 3.06. The van der Waals surface area contributed by atoms with Crippen molar-refractivity contribution in [2.75, 3.05) is 0 Å². The minimum atomic E-state index is -1.24. The molecule has 0 saturated heterocycles. The van der Waals surface area contributed by atoms with Crippen molar-refractivity contribution in [2.45, 2.75) is 45.6 Å². The van der Waals surface area contributed by atoms with Gasteiger partial charge in [0.25, 0.3) is 5.91 Å². The second-order valence-electron chi connectivity index (χ2n) is 5.89. The zero-order chi connectivity index (χ0) is 14.0. The fraction of sp³-hybridized carbons (Fsp3) is 0.571. The van der Waals surface area contributed by atoms with E-state index in [-0.39, 0.29) is 17.0 Å². The molecule has 0 spiro atoms. The van der Waals surface area contributed by atoms with E-state index < -0.39 is 17.7 Å². The lowest BCUT2D eigenvalue weighted by Gasteiger charge is -2.35. The van der Waals surface area contributed by atoms with Crippen molar-refractivity contribution in [3.8, 4) is 0 Å². The minimum absolute atomic E-state index is 0.0203. The van der Waals surface area contributed by atoms with Gasteiger partial charge in [0, 0.05) is 12.2 Å². The monoisotopic (exact) mass is 268 g/mol. The van der Waals surface area contributed by atoms with Crippen LogP contribution in [0.2, 0.25) is 0 Å². The summed E-state index contributed by atoms with van der Waals surface area (Å²) >= 11 is 0. The molecule has 1 atom stereocenters. The van der Waals surface area contributed by atoms with Crippen molar-refractivity contribution in [1.82, 2.24) is 10.3 Å². The Balaban J connectivity index is 2.07. The third-order valence-corrected chi connectivity index (χ3v) is 3.63. The number of amides is 1. The van der Waals surface area contributed by atoms with Gasteiger partial charge in [-0.25, -0.2) is 9.37 Å². The Morgan fingerprint density at radius 1 is 1.47 bits per heavy atom. The van der Waals surface area contributed by atoms with Crippen molar-refractivity contribution in [3.05, 3.63) is 29.6 Å². The third-order valence-electron chi connectivity index (χ3n) is 3.63. The van der Waals surface area contributed by atoms with E-state index in [1.165, 1.54) is 6.07 Å². The standard InChI is InChI=1S/C14H18F2N2O/c1-14(2)6-3-4-9(8-14)18-13(19)10-5-7-17-12(16)11(10)15/h5,7,9H,3-4,6,8H2,1-2H3,(H,18,19). The molecule has 1 N–H and O–H groups in total. The molecule has 1 aliphatic carbocycles. The second-order valence-corrected chi connectivity index (χ2v) is 5.89. The number of nitrogens with zero attached hydrogens (tertiary/aromatic N) is 1. The zero-order valence-electron chi connectivity index (χ0n) is 11.2. The molecule has 1 aromatic rings. The first kappa shape index (κ1) is 13.9. The molecule has 1 fully saturated rings. The summed E-state index contributed by atoms with van der Waals surface area (Å²) < 4.78 is 26.4. The van der Waals surface area contributed by atoms with E-state index in [2.05, 4.69) is 24.1 Å². The van der Waals surface area contributed by atoms with Gasteiger partial charge in [0.15, 0.2) is 5.82 Å². The van der Waals surface area contributed by atoms with E-state index in [0.717, 1.165) is 31.9 Å². The number of pyridine rings is 1. The van der Waals surface area contributed by atoms with Gasteiger partial charge in [0.05, 0.1) is 5.56 Å². The zero-order valence-corrected chi connectivity index (χ0v) is 11.2. The Bertz CT molecular complexity index is 488. The fourth-order valence-electron chi connectivity index (χ4n) is 2.68. The van der Waals surface area contributed by atoms with E-state index in [1.54, 1.807) is 0 Å². The molecule has 2 rings (SSSR count). The van der Waals surface area contributed by atoms with Gasteiger partial charge in [-0.05, 0) is 30.7 Å². The van der Waals surface area contributed by atoms with Crippen molar-refractivity contribution in [3.63, 3.8) is 0 Å². The summed E-state index contributed by atoms with van der Waals surface area (Å²) in [6.07, 6.45) is 4.99. The Labute approximate surface area is 111 Å². The van der Waals surface area contributed by atoms with Crippen LogP contribution >= 0.6 is 0 Å². The lowest BCUT2D eigenvalue weighted by Crippen LogP contribution is -2.41. The first-order valence-electron chi connectivity index (χ1n) is 6.50. The number of halogens is 2. The molecule has 1 aliphatic rings. The number of hydrogen-bond donors (Lipinski definition) is 1. The molecule has 1 heterocycles. The molecule has 5 heteroatoms. The van der Waals surface area contributed by atoms with Crippen molar-refractivity contribution in [1.29, 1.82) is 0 Å². The topological polar surface area (TPSA) is 42.0 Å². The Kier molecular flexibility index (Phi) is 3.83. The smallest absolute Gasteiger partial charge is 0.254 e. The molecule has 0 radical (unpaired) electrons. The molecule has 1 aromatic heterocycles. The third kappa shape index (κ3) is 3.28. The molecule has 1 saturated carbocycles. The van der Waals surface area contributed by atoms with Crippen LogP contribution in [0.15, 0.2) is 12.3 Å². The summed E-state index contributed by atoms with van der Waals surface area (Å²) in [5.41, 5.74) is -0.103. The number of nitrogens with one attached hydrogen (secondary N) is 1. The van der Waals surface area contributed by atoms with Crippen molar-refractivity contribution >= 4 is 5.91 Å². The average molecular weight is 268 g/mol. The molecule has 19 heavy (non-hydrogen) atoms. The summed E-state index contributed by atoms with van der Waals surface area (Å²) in [5, 5.41) is 2.79. The van der Waals surface area contributed by atoms with Gasteiger partial charge in [-0.15, -0.1) is 0 Å². The maximum absolute atomic E-state index is 13.5. The van der Waals surface area contributed by atoms with Crippen LogP contribution in [-0.2, 0) is 0 Å². The highest BCUT2D eigenvalue weighted by Crippen LogP contribution is 2.35. The fourth-order valence-corrected chi connectivity index (χ4v) is 2.68. The number of carbonyl (C=O) groups is 1. The van der Waals surface area contributed by atoms with Crippen LogP contribution < -0.4 is 5.32 Å². The van der Waals surface area contributed by atoms with Crippen LogP contribution in [0.4, 0.5) is 8.78 Å². The SMILES string of the molecule is CC1(C)CCCC(NC(=O)c2ccnc(F)c2F)C1. The normalized spacial score (nSPS) is 22.0. The number of aromatic nitrogens is 1. The van der Waals surface area contributed by atoms with Crippen LogP contribution in [0.5, 0.6) is 0 Å². The number of rotatable bonds is 2. The van der Waals surface area contributed by atoms with Crippen molar-refractivity contribution in [2.24, 2.45) is 5.41 Å². The highest BCUT2D eigenvalue weighted by Gasteiger charge is 2.29. The largest absolute Gasteiger partial charge is 0.349 e. The summed E-state index contributed by atoms with van der Waals surface area (Å²) in [4.78, 5) is 15.1. The van der Waals surface area contributed by atoms with Crippen LogP contribution in [0.3, 0.4) is 0 Å².